The van der Waals surface area contributed by atoms with E-state index >= 15 is 0 Å². The van der Waals surface area contributed by atoms with Gasteiger partial charge in [0.2, 0.25) is 0 Å². The third-order valence-corrected chi connectivity index (χ3v) is 11.9. The number of esters is 4. The minimum atomic E-state index is -1.07. The second-order valence-corrected chi connectivity index (χ2v) is 14.0. The summed E-state index contributed by atoms with van der Waals surface area (Å²) in [5.41, 5.74) is 2.92. The third kappa shape index (κ3) is 4.05. The van der Waals surface area contributed by atoms with Crippen LogP contribution in [0.5, 0.6) is 0 Å². The van der Waals surface area contributed by atoms with Crippen molar-refractivity contribution >= 4 is 23.9 Å². The molecule has 0 amide bonds. The molecule has 234 valence electrons. The Bertz CT molecular complexity index is 1360. The Balaban J connectivity index is 1.52. The predicted octanol–water partition coefficient (Wildman–Crippen LogP) is 4.37. The van der Waals surface area contributed by atoms with Gasteiger partial charge in [-0.25, -0.2) is 4.79 Å². The molecule has 2 heterocycles. The molecule has 2 saturated carbocycles. The van der Waals surface area contributed by atoms with E-state index in [-0.39, 0.29) is 42.4 Å². The van der Waals surface area contributed by atoms with Gasteiger partial charge in [-0.2, -0.15) is 0 Å². The number of rotatable bonds is 6. The Morgan fingerprint density at radius 2 is 1.77 bits per heavy atom. The van der Waals surface area contributed by atoms with Gasteiger partial charge in [-0.05, 0) is 63.4 Å². The highest BCUT2D eigenvalue weighted by Gasteiger charge is 2.80. The largest absolute Gasteiger partial charge is 0.461 e. The van der Waals surface area contributed by atoms with Crippen LogP contribution in [0, 0.1) is 40.4 Å². The summed E-state index contributed by atoms with van der Waals surface area (Å²) in [5.74, 6) is -2.65. The zero-order valence-electron chi connectivity index (χ0n) is 26.1. The predicted molar refractivity (Wildman–Crippen MR) is 154 cm³/mol. The highest BCUT2D eigenvalue weighted by atomic mass is 16.6. The molecule has 2 aliphatic heterocycles. The first-order chi connectivity index (χ1) is 20.3. The van der Waals surface area contributed by atoms with Gasteiger partial charge in [0.15, 0.2) is 0 Å². The molecule has 0 radical (unpaired) electrons. The second-order valence-electron chi connectivity index (χ2n) is 14.0. The van der Waals surface area contributed by atoms with Gasteiger partial charge >= 0.3 is 23.9 Å². The topological polar surface area (TPSA) is 125 Å². The normalized spacial score (nSPS) is 41.9. The molecule has 0 aromatic rings. The van der Waals surface area contributed by atoms with Gasteiger partial charge in [0.1, 0.15) is 24.4 Å². The maximum absolute atomic E-state index is 14.4. The number of ether oxygens (including phenoxy) is 4. The molecule has 2 bridgehead atoms. The summed E-state index contributed by atoms with van der Waals surface area (Å²) in [5, 5.41) is 9.55. The summed E-state index contributed by atoms with van der Waals surface area (Å²) in [4.78, 5) is 52.3. The molecule has 11 atom stereocenters. The van der Waals surface area contributed by atoms with Crippen molar-refractivity contribution in [3.63, 3.8) is 0 Å². The van der Waals surface area contributed by atoms with Crippen LogP contribution in [0.25, 0.3) is 0 Å². The highest BCUT2D eigenvalue weighted by molar-refractivity contribution is 5.91. The molecule has 4 aliphatic carbocycles. The van der Waals surface area contributed by atoms with Gasteiger partial charge in [0.05, 0.1) is 11.3 Å². The van der Waals surface area contributed by atoms with E-state index < -0.39 is 52.9 Å². The lowest BCUT2D eigenvalue weighted by atomic mass is 9.55. The van der Waals surface area contributed by atoms with Crippen LogP contribution in [0.1, 0.15) is 80.1 Å². The standard InChI is InChI=1S/C34H44O9/c1-15(9-8-10-35)26-16(2)11-25-28(29(26)40-20(6)36)34(32(39)43-25)14-33-17(3)12-24-22(18(4)31(38)42-24)13-23(33)19(5)27(34)30(33)41-21(7)37/h15,17,22,24-25,27-30,35H,4,8-14H2,1-3,5-7H3/t15-,17-,22+,24-,25+,27-,28+,29+,30?,33-,34+/m0/s1. The Morgan fingerprint density at radius 1 is 1.07 bits per heavy atom. The molecule has 1 N–H and O–H groups in total. The minimum Gasteiger partial charge on any atom is -0.461 e. The van der Waals surface area contributed by atoms with Crippen LogP contribution in [0.3, 0.4) is 0 Å². The quantitative estimate of drug-likeness (QED) is 0.206. The number of aliphatic hydroxyl groups is 1. The van der Waals surface area contributed by atoms with E-state index in [0.29, 0.717) is 37.7 Å². The molecule has 0 aromatic heterocycles. The smallest absolute Gasteiger partial charge is 0.334 e. The van der Waals surface area contributed by atoms with Gasteiger partial charge in [0, 0.05) is 49.7 Å². The summed E-state index contributed by atoms with van der Waals surface area (Å²) >= 11 is 0. The molecule has 43 heavy (non-hydrogen) atoms. The van der Waals surface area contributed by atoms with Crippen LogP contribution in [-0.4, -0.2) is 60.0 Å². The van der Waals surface area contributed by atoms with E-state index in [1.54, 1.807) is 0 Å². The van der Waals surface area contributed by atoms with Crippen molar-refractivity contribution < 1.29 is 43.2 Å². The Morgan fingerprint density at radius 3 is 2.42 bits per heavy atom. The molecule has 2 spiro atoms. The fraction of sp³-hybridized carbons (Fsp3) is 0.706. The molecule has 2 saturated heterocycles. The van der Waals surface area contributed by atoms with E-state index in [1.165, 1.54) is 13.8 Å². The van der Waals surface area contributed by atoms with E-state index in [0.717, 1.165) is 28.7 Å². The van der Waals surface area contributed by atoms with Gasteiger partial charge in [0.25, 0.3) is 0 Å². The molecular formula is C34H44O9. The molecule has 6 aliphatic rings. The van der Waals surface area contributed by atoms with E-state index in [9.17, 15) is 24.3 Å². The third-order valence-electron chi connectivity index (χ3n) is 11.9. The molecule has 9 heteroatoms. The number of carbonyl (C=O) groups excluding carboxylic acids is 4. The van der Waals surface area contributed by atoms with E-state index in [4.69, 9.17) is 18.9 Å². The summed E-state index contributed by atoms with van der Waals surface area (Å²) in [7, 11) is 0. The van der Waals surface area contributed by atoms with Gasteiger partial charge in [-0.15, -0.1) is 0 Å². The van der Waals surface area contributed by atoms with Gasteiger partial charge in [-0.3, -0.25) is 14.4 Å². The summed E-state index contributed by atoms with van der Waals surface area (Å²) in [6.07, 6.45) is 1.34. The van der Waals surface area contributed by atoms with Crippen LogP contribution >= 0.6 is 0 Å². The monoisotopic (exact) mass is 596 g/mol. The van der Waals surface area contributed by atoms with Crippen molar-refractivity contribution in [2.75, 3.05) is 6.61 Å². The fourth-order valence-corrected chi connectivity index (χ4v) is 10.5. The zero-order chi connectivity index (χ0) is 31.2. The lowest BCUT2D eigenvalue weighted by Gasteiger charge is -2.46. The fourth-order valence-electron chi connectivity index (χ4n) is 10.5. The van der Waals surface area contributed by atoms with E-state index in [2.05, 4.69) is 20.4 Å². The molecule has 4 fully saturated rings. The first-order valence-electron chi connectivity index (χ1n) is 15.7. The number of carbonyl (C=O) groups is 4. The van der Waals surface area contributed by atoms with Crippen molar-refractivity contribution in [3.05, 3.63) is 34.4 Å². The first kappa shape index (κ1) is 30.1. The Hall–Kier alpha value is -2.94. The SMILES string of the molecule is C=C1C(=O)O[C@H]2C[C@H](C)[C@@]34C[C@@]5(C(=O)O[C@@H]6CC(C)=C([C@@H](C)CCCO)[C@@H](OC(C)=O)[C@@H]65)[C@@H](C(C)=C3C[C@H]12)C4OC(C)=O. The number of hydrogen-bond acceptors (Lipinski definition) is 9. The molecule has 9 nitrogen and oxygen atoms in total. The van der Waals surface area contributed by atoms with Crippen molar-refractivity contribution in [2.24, 2.45) is 40.4 Å². The zero-order valence-corrected chi connectivity index (χ0v) is 26.1. The first-order valence-corrected chi connectivity index (χ1v) is 15.7. The average Bonchev–Trinajstić information content (AvgIpc) is 3.50. The molecule has 1 unspecified atom stereocenters. The lowest BCUT2D eigenvalue weighted by Crippen LogP contribution is -2.51. The molecular weight excluding hydrogens is 552 g/mol. The van der Waals surface area contributed by atoms with Crippen LogP contribution < -0.4 is 0 Å². The van der Waals surface area contributed by atoms with E-state index in [1.807, 2.05) is 13.8 Å². The summed E-state index contributed by atoms with van der Waals surface area (Å²) in [6, 6.07) is 0. The van der Waals surface area contributed by atoms with Crippen molar-refractivity contribution in [1.29, 1.82) is 0 Å². The van der Waals surface area contributed by atoms with Crippen LogP contribution in [0.2, 0.25) is 0 Å². The van der Waals surface area contributed by atoms with Crippen molar-refractivity contribution in [3.8, 4) is 0 Å². The molecule has 6 rings (SSSR count). The lowest BCUT2D eigenvalue weighted by molar-refractivity contribution is -0.157. The van der Waals surface area contributed by atoms with Crippen LogP contribution in [0.4, 0.5) is 0 Å². The number of aliphatic hydroxyl groups excluding tert-OH is 1. The van der Waals surface area contributed by atoms with Gasteiger partial charge < -0.3 is 24.1 Å². The van der Waals surface area contributed by atoms with Crippen LogP contribution in [-0.2, 0) is 38.1 Å². The number of fused-ring (bicyclic) bond motifs is 5. The Kier molecular flexibility index (Phi) is 7.22. The average molecular weight is 597 g/mol. The van der Waals surface area contributed by atoms with Crippen molar-refractivity contribution in [2.45, 2.75) is 104 Å². The number of hydrogen-bond donors (Lipinski definition) is 1. The minimum absolute atomic E-state index is 0.0234. The second kappa shape index (κ2) is 10.3. The molecule has 0 aromatic carbocycles. The van der Waals surface area contributed by atoms with Crippen LogP contribution in [0.15, 0.2) is 34.4 Å². The Labute approximate surface area is 253 Å². The van der Waals surface area contributed by atoms with Gasteiger partial charge in [-0.1, -0.05) is 37.1 Å². The maximum Gasteiger partial charge on any atom is 0.334 e. The van der Waals surface area contributed by atoms with Crippen molar-refractivity contribution in [1.82, 2.24) is 0 Å². The summed E-state index contributed by atoms with van der Waals surface area (Å²) in [6.45, 7) is 15.2. The maximum atomic E-state index is 14.4. The highest BCUT2D eigenvalue weighted by Crippen LogP contribution is 2.76. The summed E-state index contributed by atoms with van der Waals surface area (Å²) < 4.78 is 24.4.